The minimum Gasteiger partial charge on any atom is -0.394 e. The summed E-state index contributed by atoms with van der Waals surface area (Å²) in [5.41, 5.74) is 0. The van der Waals surface area contributed by atoms with Crippen LogP contribution >= 0.6 is 0 Å². The molecule has 2 fully saturated rings. The molecule has 2 aliphatic rings. The number of hydrogen-bond acceptors (Lipinski definition) is 3. The lowest BCUT2D eigenvalue weighted by atomic mass is 9.91. The Morgan fingerprint density at radius 1 is 1.22 bits per heavy atom. The summed E-state index contributed by atoms with van der Waals surface area (Å²) in [6.07, 6.45) is 14.0. The summed E-state index contributed by atoms with van der Waals surface area (Å²) < 4.78 is 11.6. The molecule has 1 aliphatic carbocycles. The van der Waals surface area contributed by atoms with Gasteiger partial charge in [-0.3, -0.25) is 0 Å². The summed E-state index contributed by atoms with van der Waals surface area (Å²) in [6.45, 7) is 0.334. The van der Waals surface area contributed by atoms with Crippen molar-refractivity contribution in [2.45, 2.75) is 63.3 Å². The lowest BCUT2D eigenvalue weighted by Gasteiger charge is -2.21. The van der Waals surface area contributed by atoms with Crippen molar-refractivity contribution in [1.29, 1.82) is 0 Å². The van der Waals surface area contributed by atoms with Crippen LogP contribution < -0.4 is 0 Å². The van der Waals surface area contributed by atoms with Gasteiger partial charge in [0, 0.05) is 6.42 Å². The molecule has 2 rings (SSSR count). The monoisotopic (exact) mass is 252 g/mol. The van der Waals surface area contributed by atoms with Gasteiger partial charge in [-0.2, -0.15) is 0 Å². The van der Waals surface area contributed by atoms with Crippen molar-refractivity contribution in [2.75, 3.05) is 13.2 Å². The zero-order chi connectivity index (χ0) is 12.8. The van der Waals surface area contributed by atoms with Crippen LogP contribution in [0.3, 0.4) is 0 Å². The number of rotatable bonds is 4. The fraction of sp³-hybridized carbons (Fsp3) is 0.867. The van der Waals surface area contributed by atoms with Crippen LogP contribution in [0.25, 0.3) is 0 Å². The zero-order valence-corrected chi connectivity index (χ0v) is 11.0. The number of ether oxygens (including phenoxy) is 2. The smallest absolute Gasteiger partial charge is 0.107 e. The van der Waals surface area contributed by atoms with Crippen molar-refractivity contribution in [1.82, 2.24) is 0 Å². The van der Waals surface area contributed by atoms with Gasteiger partial charge in [0.1, 0.15) is 12.7 Å². The summed E-state index contributed by atoms with van der Waals surface area (Å²) in [5, 5.41) is 9.35. The van der Waals surface area contributed by atoms with Crippen LogP contribution in [-0.4, -0.2) is 36.6 Å². The average molecular weight is 252 g/mol. The van der Waals surface area contributed by atoms with E-state index in [0.717, 1.165) is 6.42 Å². The minimum absolute atomic E-state index is 0.0262. The van der Waals surface area contributed by atoms with Crippen molar-refractivity contribution >= 4 is 0 Å². The van der Waals surface area contributed by atoms with Crippen molar-refractivity contribution in [3.63, 3.8) is 0 Å². The van der Waals surface area contributed by atoms with Gasteiger partial charge in [-0.1, -0.05) is 31.6 Å². The predicted molar refractivity (Wildman–Crippen MR) is 70.1 cm³/mol. The van der Waals surface area contributed by atoms with Crippen LogP contribution in [0.15, 0.2) is 0 Å². The Morgan fingerprint density at radius 3 is 2.56 bits per heavy atom. The van der Waals surface area contributed by atoms with Gasteiger partial charge in [0.25, 0.3) is 0 Å². The van der Waals surface area contributed by atoms with E-state index >= 15 is 0 Å². The second-order valence-corrected chi connectivity index (χ2v) is 5.44. The normalized spacial score (nSPS) is 34.1. The lowest BCUT2D eigenvalue weighted by molar-refractivity contribution is -0.0527. The Kier molecular flexibility index (Phi) is 5.49. The van der Waals surface area contributed by atoms with Gasteiger partial charge in [-0.15, -0.1) is 6.42 Å². The molecule has 1 unspecified atom stereocenters. The summed E-state index contributed by atoms with van der Waals surface area (Å²) >= 11 is 0. The summed E-state index contributed by atoms with van der Waals surface area (Å²) in [5.74, 6) is 3.12. The molecule has 1 heterocycles. The van der Waals surface area contributed by atoms with E-state index in [1.54, 1.807) is 0 Å². The largest absolute Gasteiger partial charge is 0.394 e. The SMILES string of the molecule is C#CCOC1C[C@H](C2CCCCCC2)O[C@@H]1CO. The average Bonchev–Trinajstić information content (AvgIpc) is 2.61. The number of aliphatic hydroxyl groups excluding tert-OH is 1. The van der Waals surface area contributed by atoms with Crippen molar-refractivity contribution in [3.8, 4) is 12.3 Å². The van der Waals surface area contributed by atoms with Gasteiger partial charge in [-0.25, -0.2) is 0 Å². The quantitative estimate of drug-likeness (QED) is 0.615. The summed E-state index contributed by atoms with van der Waals surface area (Å²) in [7, 11) is 0. The van der Waals surface area contributed by atoms with E-state index in [1.807, 2.05) is 0 Å². The highest BCUT2D eigenvalue weighted by molar-refractivity contribution is 4.90. The molecule has 0 amide bonds. The van der Waals surface area contributed by atoms with E-state index in [2.05, 4.69) is 5.92 Å². The maximum absolute atomic E-state index is 9.35. The first-order valence-corrected chi connectivity index (χ1v) is 7.16. The first kappa shape index (κ1) is 13.9. The molecule has 18 heavy (non-hydrogen) atoms. The lowest BCUT2D eigenvalue weighted by Crippen LogP contribution is -2.28. The molecule has 0 aromatic rings. The standard InChI is InChI=1S/C15H24O3/c1-2-9-17-14-10-13(18-15(14)11-16)12-7-5-3-4-6-8-12/h1,12-16H,3-11H2/t13-,14?,15-/m1/s1. The fourth-order valence-corrected chi connectivity index (χ4v) is 3.23. The third kappa shape index (κ3) is 3.47. The molecule has 3 heteroatoms. The second-order valence-electron chi connectivity index (χ2n) is 5.44. The molecule has 102 valence electrons. The maximum Gasteiger partial charge on any atom is 0.107 e. The maximum atomic E-state index is 9.35. The number of aliphatic hydroxyl groups is 1. The van der Waals surface area contributed by atoms with Gasteiger partial charge < -0.3 is 14.6 Å². The van der Waals surface area contributed by atoms with E-state index in [4.69, 9.17) is 15.9 Å². The van der Waals surface area contributed by atoms with E-state index in [9.17, 15) is 5.11 Å². The highest BCUT2D eigenvalue weighted by Crippen LogP contribution is 2.35. The first-order valence-electron chi connectivity index (χ1n) is 7.16. The third-order valence-corrected chi connectivity index (χ3v) is 4.22. The molecular formula is C15H24O3. The molecule has 3 atom stereocenters. The van der Waals surface area contributed by atoms with Gasteiger partial charge in [0.15, 0.2) is 0 Å². The van der Waals surface area contributed by atoms with Crippen LogP contribution in [0.5, 0.6) is 0 Å². The van der Waals surface area contributed by atoms with E-state index in [1.165, 1.54) is 38.5 Å². The Bertz CT molecular complexity index is 276. The van der Waals surface area contributed by atoms with Crippen LogP contribution in [-0.2, 0) is 9.47 Å². The van der Waals surface area contributed by atoms with Crippen molar-refractivity contribution in [2.24, 2.45) is 5.92 Å². The number of terminal acetylenes is 1. The fourth-order valence-electron chi connectivity index (χ4n) is 3.23. The van der Waals surface area contributed by atoms with Crippen LogP contribution in [0.2, 0.25) is 0 Å². The first-order chi connectivity index (χ1) is 8.85. The van der Waals surface area contributed by atoms with Gasteiger partial charge in [0.2, 0.25) is 0 Å². The molecule has 0 bridgehead atoms. The predicted octanol–water partition coefficient (Wildman–Crippen LogP) is 2.13. The molecule has 3 nitrogen and oxygen atoms in total. The van der Waals surface area contributed by atoms with Crippen molar-refractivity contribution in [3.05, 3.63) is 0 Å². The van der Waals surface area contributed by atoms with Crippen LogP contribution in [0.1, 0.15) is 44.9 Å². The highest BCUT2D eigenvalue weighted by atomic mass is 16.6. The topological polar surface area (TPSA) is 38.7 Å². The molecule has 0 spiro atoms. The molecule has 1 N–H and O–H groups in total. The highest BCUT2D eigenvalue weighted by Gasteiger charge is 2.39. The van der Waals surface area contributed by atoms with Crippen LogP contribution in [0, 0.1) is 18.3 Å². The Hall–Kier alpha value is -0.560. The third-order valence-electron chi connectivity index (χ3n) is 4.22. The Morgan fingerprint density at radius 2 is 1.94 bits per heavy atom. The van der Waals surface area contributed by atoms with E-state index in [-0.39, 0.29) is 24.9 Å². The Balaban J connectivity index is 1.88. The molecule has 0 aromatic carbocycles. The molecule has 0 radical (unpaired) electrons. The zero-order valence-electron chi connectivity index (χ0n) is 11.0. The van der Waals surface area contributed by atoms with Crippen LogP contribution in [0.4, 0.5) is 0 Å². The molecule has 1 aliphatic heterocycles. The van der Waals surface area contributed by atoms with E-state index in [0.29, 0.717) is 12.5 Å². The molecule has 0 aromatic heterocycles. The van der Waals surface area contributed by atoms with Gasteiger partial charge in [-0.05, 0) is 18.8 Å². The minimum atomic E-state index is -0.188. The Labute approximate surface area is 110 Å². The van der Waals surface area contributed by atoms with E-state index < -0.39 is 0 Å². The van der Waals surface area contributed by atoms with Crippen molar-refractivity contribution < 1.29 is 14.6 Å². The molecule has 1 saturated heterocycles. The van der Waals surface area contributed by atoms with Gasteiger partial charge in [0.05, 0.1) is 18.8 Å². The van der Waals surface area contributed by atoms with Gasteiger partial charge >= 0.3 is 0 Å². The molecule has 1 saturated carbocycles. The molecular weight excluding hydrogens is 228 g/mol. The summed E-state index contributed by atoms with van der Waals surface area (Å²) in [6, 6.07) is 0. The summed E-state index contributed by atoms with van der Waals surface area (Å²) in [4.78, 5) is 0. The number of hydrogen-bond donors (Lipinski definition) is 1. The second kappa shape index (κ2) is 7.13.